The van der Waals surface area contributed by atoms with Crippen molar-refractivity contribution in [1.82, 2.24) is 4.90 Å². The van der Waals surface area contributed by atoms with Gasteiger partial charge in [-0.05, 0) is 80.6 Å². The number of hydrogen-bond donors (Lipinski definition) is 1. The van der Waals surface area contributed by atoms with E-state index in [1.165, 1.54) is 5.57 Å². The fraction of sp³-hybridized carbons (Fsp3) is 0.500. The van der Waals surface area contributed by atoms with Crippen LogP contribution in [0.1, 0.15) is 63.5 Å². The molecular weight excluding hydrogens is 600 g/mol. The Hall–Kier alpha value is -3.42. The van der Waals surface area contributed by atoms with Gasteiger partial charge >= 0.3 is 5.97 Å². The number of allylic oxidation sites excluding steroid dienone is 7. The van der Waals surface area contributed by atoms with Gasteiger partial charge in [-0.15, -0.1) is 0 Å². The molecule has 1 aliphatic heterocycles. The van der Waals surface area contributed by atoms with E-state index in [1.54, 1.807) is 0 Å². The maximum absolute atomic E-state index is 13.0. The fourth-order valence-electron chi connectivity index (χ4n) is 6.69. The van der Waals surface area contributed by atoms with Gasteiger partial charge in [-0.1, -0.05) is 80.6 Å². The SMILES string of the molecule is C=CC=C(C=CCc1cc(C)c(N=C(OC2CCC(C(=O)O)CC2)C(C)CC)cc1Cl)C12C=CC(C(=O)N3CCOCC3)=CC1C2. The Bertz CT molecular complexity index is 1480. The van der Waals surface area contributed by atoms with Gasteiger partial charge in [0.25, 0.3) is 5.91 Å². The molecule has 3 unspecified atom stereocenters. The monoisotopic (exact) mass is 646 g/mol. The van der Waals surface area contributed by atoms with Crippen LogP contribution in [0, 0.1) is 30.1 Å². The van der Waals surface area contributed by atoms with Crippen LogP contribution in [0.15, 0.2) is 77.4 Å². The van der Waals surface area contributed by atoms with E-state index in [0.717, 1.165) is 48.1 Å². The summed E-state index contributed by atoms with van der Waals surface area (Å²) in [5.74, 6) is 0.220. The number of rotatable bonds is 11. The number of aliphatic imine (C=N–C) groups is 1. The lowest BCUT2D eigenvalue weighted by Gasteiger charge is -2.28. The van der Waals surface area contributed by atoms with Gasteiger partial charge in [0.15, 0.2) is 5.90 Å². The average molecular weight is 647 g/mol. The van der Waals surface area contributed by atoms with Gasteiger partial charge in [0, 0.05) is 35.0 Å². The summed E-state index contributed by atoms with van der Waals surface area (Å²) in [6, 6.07) is 4.02. The van der Waals surface area contributed by atoms with Gasteiger partial charge in [-0.2, -0.15) is 0 Å². The number of carbonyl (C=O) groups is 2. The van der Waals surface area contributed by atoms with Crippen LogP contribution < -0.4 is 0 Å². The molecule has 5 rings (SSSR count). The van der Waals surface area contributed by atoms with Crippen molar-refractivity contribution in [3.63, 3.8) is 0 Å². The zero-order chi connectivity index (χ0) is 32.8. The van der Waals surface area contributed by atoms with E-state index >= 15 is 0 Å². The normalized spacial score (nSPS) is 27.2. The van der Waals surface area contributed by atoms with Crippen LogP contribution in [0.25, 0.3) is 0 Å². The molecule has 2 saturated carbocycles. The summed E-state index contributed by atoms with van der Waals surface area (Å²) < 4.78 is 11.8. The van der Waals surface area contributed by atoms with Crippen molar-refractivity contribution in [2.45, 2.75) is 71.8 Å². The minimum absolute atomic E-state index is 0.0155. The summed E-state index contributed by atoms with van der Waals surface area (Å²) in [5.41, 5.74) is 4.69. The predicted molar refractivity (Wildman–Crippen MR) is 183 cm³/mol. The Morgan fingerprint density at radius 3 is 2.63 bits per heavy atom. The molecule has 8 heteroatoms. The molecular formula is C38H47ClN2O5. The molecule has 0 radical (unpaired) electrons. The number of carboxylic acids is 1. The van der Waals surface area contributed by atoms with E-state index in [2.05, 4.69) is 56.9 Å². The first kappa shape index (κ1) is 33.9. The predicted octanol–water partition coefficient (Wildman–Crippen LogP) is 7.96. The van der Waals surface area contributed by atoms with Crippen molar-refractivity contribution in [3.8, 4) is 0 Å². The zero-order valence-corrected chi connectivity index (χ0v) is 28.1. The van der Waals surface area contributed by atoms with Crippen LogP contribution in [0.2, 0.25) is 5.02 Å². The highest BCUT2D eigenvalue weighted by Crippen LogP contribution is 2.62. The molecule has 1 aromatic carbocycles. The molecule has 1 heterocycles. The highest BCUT2D eigenvalue weighted by molar-refractivity contribution is 6.31. The number of morpholine rings is 1. The van der Waals surface area contributed by atoms with Crippen molar-refractivity contribution >= 4 is 35.1 Å². The second kappa shape index (κ2) is 15.0. The number of nitrogens with zero attached hydrogens (tertiary/aromatic N) is 2. The van der Waals surface area contributed by atoms with Crippen LogP contribution >= 0.6 is 11.6 Å². The molecule has 0 bridgehead atoms. The molecule has 246 valence electrons. The summed E-state index contributed by atoms with van der Waals surface area (Å²) >= 11 is 6.81. The zero-order valence-electron chi connectivity index (χ0n) is 27.3. The van der Waals surface area contributed by atoms with Crippen LogP contribution in [-0.4, -0.2) is 60.2 Å². The number of amides is 1. The highest BCUT2D eigenvalue weighted by Gasteiger charge is 2.54. The number of halogens is 1. The van der Waals surface area contributed by atoms with Crippen molar-refractivity contribution < 1.29 is 24.2 Å². The molecule has 3 atom stereocenters. The first-order valence-corrected chi connectivity index (χ1v) is 17.1. The Labute approximate surface area is 278 Å². The van der Waals surface area contributed by atoms with E-state index in [0.29, 0.717) is 62.4 Å². The van der Waals surface area contributed by atoms with Gasteiger partial charge in [0.2, 0.25) is 0 Å². The van der Waals surface area contributed by atoms with E-state index in [9.17, 15) is 14.7 Å². The van der Waals surface area contributed by atoms with Gasteiger partial charge < -0.3 is 19.5 Å². The average Bonchev–Trinajstić information content (AvgIpc) is 3.81. The van der Waals surface area contributed by atoms with Gasteiger partial charge in [0.1, 0.15) is 6.10 Å². The topological polar surface area (TPSA) is 88.4 Å². The number of ether oxygens (including phenoxy) is 2. The molecule has 4 aliphatic rings. The maximum Gasteiger partial charge on any atom is 0.306 e. The van der Waals surface area contributed by atoms with Gasteiger partial charge in [0.05, 0.1) is 24.8 Å². The number of hydrogen-bond acceptors (Lipinski definition) is 5. The lowest BCUT2D eigenvalue weighted by Crippen LogP contribution is -2.41. The first-order valence-electron chi connectivity index (χ1n) is 16.7. The highest BCUT2D eigenvalue weighted by atomic mass is 35.5. The minimum Gasteiger partial charge on any atom is -0.481 e. The van der Waals surface area contributed by atoms with Gasteiger partial charge in [-0.3, -0.25) is 9.59 Å². The molecule has 1 N–H and O–H groups in total. The fourth-order valence-corrected chi connectivity index (χ4v) is 6.93. The molecule has 1 saturated heterocycles. The maximum atomic E-state index is 13.0. The number of fused-ring (bicyclic) bond motifs is 1. The summed E-state index contributed by atoms with van der Waals surface area (Å²) in [6.45, 7) is 12.7. The van der Waals surface area contributed by atoms with E-state index < -0.39 is 5.97 Å². The standard InChI is InChI=1S/C38H47ClN2O5/c1-5-8-30(38-16-15-29(22-31(38)24-38)36(42)41-17-19-45-20-18-41)10-7-9-28-21-26(4)34(23-33(28)39)40-35(25(3)6-2)46-32-13-11-27(12-14-32)37(43)44/h5,7-8,10,15-16,21-23,25,27,31-32H,1,6,9,11-14,17-20,24H2,2-4H3,(H,43,44). The van der Waals surface area contributed by atoms with Crippen molar-refractivity contribution in [2.24, 2.45) is 28.2 Å². The number of aryl methyl sites for hydroxylation is 1. The van der Waals surface area contributed by atoms with Crippen molar-refractivity contribution in [2.75, 3.05) is 26.3 Å². The molecule has 0 aromatic heterocycles. The molecule has 3 fully saturated rings. The summed E-state index contributed by atoms with van der Waals surface area (Å²) in [6.07, 6.45) is 19.8. The molecule has 7 nitrogen and oxygen atoms in total. The van der Waals surface area contributed by atoms with Crippen LogP contribution in [0.4, 0.5) is 5.69 Å². The molecule has 46 heavy (non-hydrogen) atoms. The second-order valence-corrected chi connectivity index (χ2v) is 13.5. The Morgan fingerprint density at radius 1 is 1.24 bits per heavy atom. The molecule has 1 aromatic rings. The third kappa shape index (κ3) is 7.75. The summed E-state index contributed by atoms with van der Waals surface area (Å²) in [7, 11) is 0. The number of benzene rings is 1. The van der Waals surface area contributed by atoms with Crippen LogP contribution in [0.3, 0.4) is 0 Å². The quantitative estimate of drug-likeness (QED) is 0.150. The number of aliphatic carboxylic acids is 1. The van der Waals surface area contributed by atoms with Gasteiger partial charge in [-0.25, -0.2) is 4.99 Å². The first-order chi connectivity index (χ1) is 22.1. The van der Waals surface area contributed by atoms with E-state index in [1.807, 2.05) is 30.0 Å². The van der Waals surface area contributed by atoms with Crippen molar-refractivity contribution in [3.05, 3.63) is 88.5 Å². The molecule has 1 amide bonds. The third-order valence-electron chi connectivity index (χ3n) is 9.96. The van der Waals surface area contributed by atoms with E-state index in [-0.39, 0.29) is 29.3 Å². The van der Waals surface area contributed by atoms with Crippen LogP contribution in [0.5, 0.6) is 0 Å². The van der Waals surface area contributed by atoms with Crippen LogP contribution in [-0.2, 0) is 25.5 Å². The largest absolute Gasteiger partial charge is 0.481 e. The lowest BCUT2D eigenvalue weighted by molar-refractivity contribution is -0.143. The second-order valence-electron chi connectivity index (χ2n) is 13.1. The Kier molecular flexibility index (Phi) is 11.1. The van der Waals surface area contributed by atoms with Crippen molar-refractivity contribution in [1.29, 1.82) is 0 Å². The summed E-state index contributed by atoms with van der Waals surface area (Å²) in [4.78, 5) is 31.2. The Balaban J connectivity index is 1.25. The summed E-state index contributed by atoms with van der Waals surface area (Å²) in [5, 5.41) is 10.00. The lowest BCUT2D eigenvalue weighted by atomic mass is 9.87. The number of carboxylic acid groups (broad SMARTS) is 1. The minimum atomic E-state index is -0.715. The third-order valence-corrected chi connectivity index (χ3v) is 10.3. The van der Waals surface area contributed by atoms with E-state index in [4.69, 9.17) is 26.1 Å². The molecule has 3 aliphatic carbocycles. The number of carbonyl (C=O) groups excluding carboxylic acids is 1. The smallest absolute Gasteiger partial charge is 0.306 e. The Morgan fingerprint density at radius 2 is 1.98 bits per heavy atom. The molecule has 0 spiro atoms.